The molecule has 0 saturated carbocycles. The third-order valence-corrected chi connectivity index (χ3v) is 7.84. The van der Waals surface area contributed by atoms with E-state index in [9.17, 15) is 9.90 Å². The van der Waals surface area contributed by atoms with Gasteiger partial charge in [-0.05, 0) is 55.0 Å². The molecule has 5 rings (SSSR count). The molecule has 1 saturated heterocycles. The maximum absolute atomic E-state index is 13.0. The molecule has 226 valence electrons. The van der Waals surface area contributed by atoms with Crippen LogP contribution in [0.1, 0.15) is 57.6 Å². The number of carbonyl (C=O) groups excluding carboxylic acids is 1. The molecule has 2 heterocycles. The number of hydrogen-bond donors (Lipinski definition) is 1. The maximum Gasteiger partial charge on any atom is 0.306 e. The lowest BCUT2D eigenvalue weighted by Crippen LogP contribution is -2.48. The van der Waals surface area contributed by atoms with Crippen molar-refractivity contribution in [3.63, 3.8) is 0 Å². The van der Waals surface area contributed by atoms with Crippen molar-refractivity contribution in [1.29, 1.82) is 0 Å². The summed E-state index contributed by atoms with van der Waals surface area (Å²) in [5.74, 6) is 1.96. The van der Waals surface area contributed by atoms with E-state index in [4.69, 9.17) is 19.2 Å². The second-order valence-corrected chi connectivity index (χ2v) is 11.2. The first-order valence-electron chi connectivity index (χ1n) is 15.3. The first-order valence-corrected chi connectivity index (χ1v) is 15.3. The first-order chi connectivity index (χ1) is 21.0. The van der Waals surface area contributed by atoms with Gasteiger partial charge in [0.25, 0.3) is 0 Å². The normalized spacial score (nSPS) is 15.6. The minimum absolute atomic E-state index is 0.170. The van der Waals surface area contributed by atoms with Crippen LogP contribution in [0.15, 0.2) is 85.1 Å². The molecule has 0 amide bonds. The van der Waals surface area contributed by atoms with E-state index >= 15 is 0 Å². The third-order valence-electron chi connectivity index (χ3n) is 7.84. The zero-order chi connectivity index (χ0) is 29.9. The summed E-state index contributed by atoms with van der Waals surface area (Å²) in [4.78, 5) is 24.6. The van der Waals surface area contributed by atoms with Gasteiger partial charge in [0, 0.05) is 38.9 Å². The van der Waals surface area contributed by atoms with Crippen LogP contribution in [-0.4, -0.2) is 58.3 Å². The molecule has 8 heteroatoms. The number of esters is 1. The van der Waals surface area contributed by atoms with Gasteiger partial charge >= 0.3 is 5.97 Å². The predicted octanol–water partition coefficient (Wildman–Crippen LogP) is 6.67. The van der Waals surface area contributed by atoms with Crippen molar-refractivity contribution in [2.24, 2.45) is 0 Å². The van der Waals surface area contributed by atoms with Gasteiger partial charge in [-0.2, -0.15) is 0 Å². The van der Waals surface area contributed by atoms with Gasteiger partial charge in [0.05, 0.1) is 17.2 Å². The van der Waals surface area contributed by atoms with Gasteiger partial charge in [0.15, 0.2) is 5.60 Å². The van der Waals surface area contributed by atoms with Crippen LogP contribution in [0.3, 0.4) is 0 Å². The van der Waals surface area contributed by atoms with E-state index in [0.717, 1.165) is 42.5 Å². The standard InChI is InChI=1S/C35H41N3O5/c1-2-3-4-8-15-34(40)43-35(33-24-36-31-13-9-10-14-32(31)37-33)20-22-38(23-21-35)25-27(39)26-41-28-16-18-30(19-17-28)42-29-11-6-5-7-12-29/h5-7,9-14,16-19,24,27,39H,2-4,8,15,20-23,25-26H2,1H3/t27-/m1/s1. The van der Waals surface area contributed by atoms with E-state index < -0.39 is 11.7 Å². The Morgan fingerprint density at radius 3 is 2.30 bits per heavy atom. The molecule has 0 radical (unpaired) electrons. The quantitative estimate of drug-likeness (QED) is 0.130. The summed E-state index contributed by atoms with van der Waals surface area (Å²) in [6, 6.07) is 24.7. The van der Waals surface area contributed by atoms with Crippen molar-refractivity contribution in [1.82, 2.24) is 14.9 Å². The number of hydrogen-bond acceptors (Lipinski definition) is 8. The van der Waals surface area contributed by atoms with Gasteiger partial charge in [0.1, 0.15) is 35.7 Å². The Hall–Kier alpha value is -4.01. The Morgan fingerprint density at radius 1 is 0.884 bits per heavy atom. The van der Waals surface area contributed by atoms with Gasteiger partial charge < -0.3 is 24.2 Å². The van der Waals surface area contributed by atoms with Crippen molar-refractivity contribution in [3.05, 3.63) is 90.8 Å². The topological polar surface area (TPSA) is 94.0 Å². The highest BCUT2D eigenvalue weighted by molar-refractivity contribution is 5.74. The predicted molar refractivity (Wildman–Crippen MR) is 166 cm³/mol. The molecule has 0 aliphatic carbocycles. The number of β-amino-alcohol motifs (C(OH)–C–C–N with tert-alkyl or cyclic N) is 1. The minimum atomic E-state index is -0.833. The lowest BCUT2D eigenvalue weighted by molar-refractivity contribution is -0.168. The summed E-state index contributed by atoms with van der Waals surface area (Å²) in [5, 5.41) is 10.8. The Balaban J connectivity index is 1.15. The number of aliphatic hydroxyl groups excluding tert-OH is 1. The molecule has 1 aromatic heterocycles. The van der Waals surface area contributed by atoms with Crippen molar-refractivity contribution >= 4 is 17.0 Å². The molecule has 1 atom stereocenters. The Labute approximate surface area is 253 Å². The number of aliphatic hydroxyl groups is 1. The molecule has 1 aliphatic rings. The van der Waals surface area contributed by atoms with Crippen LogP contribution in [0.2, 0.25) is 0 Å². The van der Waals surface area contributed by atoms with Gasteiger partial charge in [-0.3, -0.25) is 9.78 Å². The maximum atomic E-state index is 13.0. The molecule has 43 heavy (non-hydrogen) atoms. The molecular formula is C35H41N3O5. The van der Waals surface area contributed by atoms with Crippen LogP contribution >= 0.6 is 0 Å². The summed E-state index contributed by atoms with van der Waals surface area (Å²) in [6.45, 7) is 4.09. The summed E-state index contributed by atoms with van der Waals surface area (Å²) < 4.78 is 17.9. The number of fused-ring (bicyclic) bond motifs is 1. The summed E-state index contributed by atoms with van der Waals surface area (Å²) in [6.07, 6.45) is 6.73. The molecule has 1 aliphatic heterocycles. The van der Waals surface area contributed by atoms with Gasteiger partial charge in [-0.15, -0.1) is 0 Å². The Bertz CT molecular complexity index is 1440. The number of ether oxygens (including phenoxy) is 3. The molecule has 1 N–H and O–H groups in total. The smallest absolute Gasteiger partial charge is 0.306 e. The van der Waals surface area contributed by atoms with E-state index in [2.05, 4.69) is 16.8 Å². The van der Waals surface area contributed by atoms with E-state index in [-0.39, 0.29) is 12.6 Å². The average molecular weight is 584 g/mol. The van der Waals surface area contributed by atoms with Crippen LogP contribution in [0.4, 0.5) is 0 Å². The van der Waals surface area contributed by atoms with Crippen LogP contribution in [0.5, 0.6) is 17.2 Å². The number of unbranched alkanes of at least 4 members (excludes halogenated alkanes) is 3. The van der Waals surface area contributed by atoms with Crippen LogP contribution in [0, 0.1) is 0 Å². The van der Waals surface area contributed by atoms with E-state index in [0.29, 0.717) is 56.1 Å². The molecular weight excluding hydrogens is 542 g/mol. The molecule has 0 bridgehead atoms. The summed E-state index contributed by atoms with van der Waals surface area (Å²) >= 11 is 0. The Morgan fingerprint density at radius 2 is 1.56 bits per heavy atom. The fraction of sp³-hybridized carbons (Fsp3) is 0.400. The zero-order valence-electron chi connectivity index (χ0n) is 24.9. The molecule has 0 spiro atoms. The number of rotatable bonds is 14. The molecule has 3 aromatic carbocycles. The highest BCUT2D eigenvalue weighted by Crippen LogP contribution is 2.37. The number of para-hydroxylation sites is 3. The first kappa shape index (κ1) is 30.4. The molecule has 4 aromatic rings. The van der Waals surface area contributed by atoms with Gasteiger partial charge in [-0.1, -0.05) is 56.5 Å². The number of benzene rings is 3. The van der Waals surface area contributed by atoms with Crippen LogP contribution in [0.25, 0.3) is 11.0 Å². The second kappa shape index (κ2) is 14.9. The molecule has 0 unspecified atom stereocenters. The average Bonchev–Trinajstić information content (AvgIpc) is 3.04. The Kier molecular flexibility index (Phi) is 10.6. The zero-order valence-corrected chi connectivity index (χ0v) is 24.9. The largest absolute Gasteiger partial charge is 0.491 e. The van der Waals surface area contributed by atoms with Gasteiger partial charge in [0.2, 0.25) is 0 Å². The van der Waals surface area contributed by atoms with Crippen molar-refractivity contribution in [3.8, 4) is 17.2 Å². The highest BCUT2D eigenvalue weighted by atomic mass is 16.6. The third kappa shape index (κ3) is 8.52. The monoisotopic (exact) mass is 583 g/mol. The van der Waals surface area contributed by atoms with Crippen LogP contribution < -0.4 is 9.47 Å². The highest BCUT2D eigenvalue weighted by Gasteiger charge is 2.42. The fourth-order valence-corrected chi connectivity index (χ4v) is 5.42. The molecule has 1 fully saturated rings. The number of aromatic nitrogens is 2. The van der Waals surface area contributed by atoms with Gasteiger partial charge in [-0.25, -0.2) is 4.98 Å². The van der Waals surface area contributed by atoms with E-state index in [1.807, 2.05) is 78.9 Å². The SMILES string of the molecule is CCCCCCC(=O)OC1(c2cnc3ccccc3n2)CCN(C[C@@H](O)COc2ccc(Oc3ccccc3)cc2)CC1. The van der Waals surface area contributed by atoms with Crippen LogP contribution in [-0.2, 0) is 15.1 Å². The lowest BCUT2D eigenvalue weighted by Gasteiger charge is -2.41. The lowest BCUT2D eigenvalue weighted by atomic mass is 9.87. The van der Waals surface area contributed by atoms with Crippen molar-refractivity contribution < 1.29 is 24.1 Å². The van der Waals surface area contributed by atoms with Crippen molar-refractivity contribution in [2.45, 2.75) is 63.6 Å². The van der Waals surface area contributed by atoms with E-state index in [1.54, 1.807) is 6.20 Å². The van der Waals surface area contributed by atoms with E-state index in [1.165, 1.54) is 0 Å². The fourth-order valence-electron chi connectivity index (χ4n) is 5.42. The summed E-state index contributed by atoms with van der Waals surface area (Å²) in [5.41, 5.74) is 1.45. The second-order valence-electron chi connectivity index (χ2n) is 11.2. The minimum Gasteiger partial charge on any atom is -0.491 e. The van der Waals surface area contributed by atoms with Crippen molar-refractivity contribution in [2.75, 3.05) is 26.2 Å². The number of nitrogens with zero attached hydrogens (tertiary/aromatic N) is 3. The molecule has 8 nitrogen and oxygen atoms in total. The number of piperidine rings is 1. The number of likely N-dealkylation sites (tertiary alicyclic amines) is 1. The number of carbonyl (C=O) groups is 1. The summed E-state index contributed by atoms with van der Waals surface area (Å²) in [7, 11) is 0.